The number of hydrogen-bond donors (Lipinski definition) is 4. The monoisotopic (exact) mass is 438 g/mol. The molecule has 0 radical (unpaired) electrons. The molecule has 8 heteroatoms. The molecule has 0 amide bonds. The maximum Gasteiger partial charge on any atom is 0.302 e. The molecule has 8 nitrogen and oxygen atoms in total. The van der Waals surface area contributed by atoms with Crippen molar-refractivity contribution in [2.45, 2.75) is 82.9 Å². The molecule has 4 saturated carbocycles. The van der Waals surface area contributed by atoms with Crippen molar-refractivity contribution < 1.29 is 39.4 Å². The molecule has 174 valence electrons. The zero-order valence-electron chi connectivity index (χ0n) is 18.6. The summed E-state index contributed by atoms with van der Waals surface area (Å²) < 4.78 is 17.7. The molecule has 4 bridgehead atoms. The Labute approximate surface area is 182 Å². The third-order valence-corrected chi connectivity index (χ3v) is 9.55. The van der Waals surface area contributed by atoms with Crippen molar-refractivity contribution in [3.63, 3.8) is 0 Å². The number of carbonyl (C=O) groups is 1. The average Bonchev–Trinajstić information content (AvgIpc) is 2.79. The summed E-state index contributed by atoms with van der Waals surface area (Å²) in [7, 11) is 1.49. The summed E-state index contributed by atoms with van der Waals surface area (Å²) in [5.41, 5.74) is -2.55. The van der Waals surface area contributed by atoms with Gasteiger partial charge in [0, 0.05) is 37.2 Å². The van der Waals surface area contributed by atoms with Crippen LogP contribution in [0, 0.1) is 34.0 Å². The molecule has 4 aliphatic carbocycles. The van der Waals surface area contributed by atoms with Gasteiger partial charge in [-0.25, -0.2) is 0 Å². The third-order valence-electron chi connectivity index (χ3n) is 9.55. The topological polar surface area (TPSA) is 126 Å². The van der Waals surface area contributed by atoms with Crippen molar-refractivity contribution in [3.05, 3.63) is 12.2 Å². The maximum absolute atomic E-state index is 12.1. The standard InChI is InChI=1S/C23H34O8/c1-10-12-9-13(30-11(2)24)14-21-8-6-7-20(3,4)15(21)18(27)23(28,31-19(21)29-5)22(14,16(10)25)17(12)26/h12-19,25-28H,1,6-9H2,2-5H3/t12-,13+,14+,15-,16-,17?,18+,19+,21-,22+,23+/m1/s1. The van der Waals surface area contributed by atoms with Crippen molar-refractivity contribution in [1.29, 1.82) is 0 Å². The van der Waals surface area contributed by atoms with Crippen LogP contribution in [0.2, 0.25) is 0 Å². The Morgan fingerprint density at radius 2 is 1.84 bits per heavy atom. The van der Waals surface area contributed by atoms with Gasteiger partial charge in [-0.1, -0.05) is 26.8 Å². The van der Waals surface area contributed by atoms with Crippen LogP contribution >= 0.6 is 0 Å². The van der Waals surface area contributed by atoms with Crippen molar-refractivity contribution in [2.24, 2.45) is 34.0 Å². The molecular weight excluding hydrogens is 404 g/mol. The van der Waals surface area contributed by atoms with Gasteiger partial charge in [0.25, 0.3) is 0 Å². The lowest BCUT2D eigenvalue weighted by molar-refractivity contribution is -0.521. The summed E-state index contributed by atoms with van der Waals surface area (Å²) in [4.78, 5) is 12.1. The number of fused-ring (bicyclic) bond motifs is 2. The summed E-state index contributed by atoms with van der Waals surface area (Å²) in [5, 5.41) is 46.7. The van der Waals surface area contributed by atoms with E-state index in [9.17, 15) is 25.2 Å². The minimum atomic E-state index is -2.30. The van der Waals surface area contributed by atoms with Crippen LogP contribution in [0.3, 0.4) is 0 Å². The van der Waals surface area contributed by atoms with E-state index in [1.165, 1.54) is 14.0 Å². The van der Waals surface area contributed by atoms with Crippen molar-refractivity contribution in [3.8, 4) is 0 Å². The SMILES string of the molecule is C=C1[C@H]2C[C@H](OC(C)=O)[C@H]3[C@]45CCCC(C)(C)[C@H]4[C@H](O)[C@](O)(O[C@@H]5OC)[C@]3(C2O)[C@@H]1O. The van der Waals surface area contributed by atoms with Crippen LogP contribution in [0.25, 0.3) is 0 Å². The highest BCUT2D eigenvalue weighted by atomic mass is 16.8. The normalized spacial score (nSPS) is 56.7. The first kappa shape index (κ1) is 21.8. The summed E-state index contributed by atoms with van der Waals surface area (Å²) in [6.07, 6.45) is -2.92. The van der Waals surface area contributed by atoms with Gasteiger partial charge in [-0.15, -0.1) is 0 Å². The summed E-state index contributed by atoms with van der Waals surface area (Å²) in [6.45, 7) is 9.45. The molecule has 11 atom stereocenters. The number of aliphatic hydroxyl groups excluding tert-OH is 3. The Kier molecular flexibility index (Phi) is 4.43. The quantitative estimate of drug-likeness (QED) is 0.367. The van der Waals surface area contributed by atoms with Gasteiger partial charge < -0.3 is 34.6 Å². The number of rotatable bonds is 2. The molecule has 6 fully saturated rings. The van der Waals surface area contributed by atoms with Crippen LogP contribution in [-0.2, 0) is 19.0 Å². The van der Waals surface area contributed by atoms with E-state index in [4.69, 9.17) is 14.2 Å². The number of esters is 1. The Bertz CT molecular complexity index is 826. The second kappa shape index (κ2) is 6.30. The highest BCUT2D eigenvalue weighted by molar-refractivity contribution is 5.66. The van der Waals surface area contributed by atoms with E-state index in [2.05, 4.69) is 20.4 Å². The number of aliphatic hydroxyl groups is 4. The van der Waals surface area contributed by atoms with Crippen LogP contribution in [0.15, 0.2) is 12.2 Å². The van der Waals surface area contributed by atoms with Gasteiger partial charge in [0.05, 0.1) is 17.6 Å². The third kappa shape index (κ3) is 2.15. The number of methoxy groups -OCH3 is 1. The van der Waals surface area contributed by atoms with Crippen LogP contribution in [0.5, 0.6) is 0 Å². The second-order valence-electron chi connectivity index (χ2n) is 11.1. The van der Waals surface area contributed by atoms with Crippen LogP contribution < -0.4 is 0 Å². The summed E-state index contributed by atoms with van der Waals surface area (Å²) in [5.74, 6) is -4.48. The zero-order valence-corrected chi connectivity index (χ0v) is 18.6. The Balaban J connectivity index is 1.83. The fourth-order valence-corrected chi connectivity index (χ4v) is 8.85. The summed E-state index contributed by atoms with van der Waals surface area (Å²) in [6, 6.07) is 0. The lowest BCUT2D eigenvalue weighted by Gasteiger charge is -2.76. The fraction of sp³-hybridized carbons (Fsp3) is 0.870. The van der Waals surface area contributed by atoms with E-state index in [0.717, 1.165) is 12.8 Å². The van der Waals surface area contributed by atoms with E-state index in [-0.39, 0.29) is 5.41 Å². The van der Waals surface area contributed by atoms with E-state index < -0.39 is 71.0 Å². The molecular formula is C23H34O8. The number of carbonyl (C=O) groups excluding carboxylic acids is 1. The van der Waals surface area contributed by atoms with Gasteiger partial charge in [0.1, 0.15) is 12.2 Å². The van der Waals surface area contributed by atoms with Crippen LogP contribution in [0.4, 0.5) is 0 Å². The van der Waals surface area contributed by atoms with Gasteiger partial charge in [0.15, 0.2) is 6.29 Å². The van der Waals surface area contributed by atoms with Gasteiger partial charge in [-0.2, -0.15) is 0 Å². The van der Waals surface area contributed by atoms with Gasteiger partial charge in [-0.3, -0.25) is 4.79 Å². The van der Waals surface area contributed by atoms with Crippen molar-refractivity contribution in [2.75, 3.05) is 7.11 Å². The molecule has 0 aromatic carbocycles. The molecule has 2 spiro atoms. The lowest BCUT2D eigenvalue weighted by Crippen LogP contribution is -2.88. The smallest absolute Gasteiger partial charge is 0.302 e. The first-order chi connectivity index (χ1) is 14.4. The number of hydrogen-bond acceptors (Lipinski definition) is 8. The zero-order chi connectivity index (χ0) is 22.7. The van der Waals surface area contributed by atoms with E-state index in [1.54, 1.807) is 0 Å². The Hall–Kier alpha value is -1.03. The minimum absolute atomic E-state index is 0.292. The molecule has 31 heavy (non-hydrogen) atoms. The highest BCUT2D eigenvalue weighted by Crippen LogP contribution is 2.79. The minimum Gasteiger partial charge on any atom is -0.462 e. The molecule has 4 N–H and O–H groups in total. The van der Waals surface area contributed by atoms with Crippen LogP contribution in [0.1, 0.15) is 46.5 Å². The summed E-state index contributed by atoms with van der Waals surface area (Å²) >= 11 is 0. The predicted octanol–water partition coefficient (Wildman–Crippen LogP) is 0.711. The first-order valence-corrected chi connectivity index (χ1v) is 11.2. The Morgan fingerprint density at radius 3 is 2.45 bits per heavy atom. The molecule has 6 aliphatic rings. The molecule has 2 heterocycles. The maximum atomic E-state index is 12.1. The van der Waals surface area contributed by atoms with Crippen LogP contribution in [-0.4, -0.2) is 70.0 Å². The van der Waals surface area contributed by atoms with Crippen molar-refractivity contribution >= 4 is 5.97 Å². The molecule has 0 aromatic heterocycles. The van der Waals surface area contributed by atoms with Crippen molar-refractivity contribution in [1.82, 2.24) is 0 Å². The Morgan fingerprint density at radius 1 is 1.16 bits per heavy atom. The van der Waals surface area contributed by atoms with Gasteiger partial charge in [0.2, 0.25) is 5.79 Å². The molecule has 2 saturated heterocycles. The van der Waals surface area contributed by atoms with E-state index >= 15 is 0 Å². The molecule has 0 aromatic rings. The van der Waals surface area contributed by atoms with E-state index in [0.29, 0.717) is 18.4 Å². The molecule has 2 aliphatic heterocycles. The fourth-order valence-electron chi connectivity index (χ4n) is 8.85. The number of ether oxygens (including phenoxy) is 3. The van der Waals surface area contributed by atoms with Gasteiger partial charge in [-0.05, 0) is 30.3 Å². The van der Waals surface area contributed by atoms with Gasteiger partial charge >= 0.3 is 5.97 Å². The molecule has 1 unspecified atom stereocenters. The first-order valence-electron chi connectivity index (χ1n) is 11.2. The predicted molar refractivity (Wildman–Crippen MR) is 107 cm³/mol. The lowest BCUT2D eigenvalue weighted by atomic mass is 9.35. The largest absolute Gasteiger partial charge is 0.462 e. The second-order valence-corrected chi connectivity index (χ2v) is 11.1. The average molecular weight is 439 g/mol. The van der Waals surface area contributed by atoms with E-state index in [1.807, 2.05) is 0 Å². The molecule has 6 rings (SSSR count). The highest BCUT2D eigenvalue weighted by Gasteiger charge is 2.89.